The van der Waals surface area contributed by atoms with Gasteiger partial charge in [-0.2, -0.15) is 0 Å². The van der Waals surface area contributed by atoms with E-state index in [2.05, 4.69) is 25.3 Å². The molecule has 2 aromatic heterocycles. The van der Waals surface area contributed by atoms with Crippen molar-refractivity contribution in [1.29, 1.82) is 0 Å². The predicted molar refractivity (Wildman–Crippen MR) is 124 cm³/mol. The van der Waals surface area contributed by atoms with Crippen molar-refractivity contribution in [3.63, 3.8) is 0 Å². The minimum absolute atomic E-state index is 0.00183. The number of nitrogens with one attached hydrogen (secondary N) is 1. The average Bonchev–Trinajstić information content (AvgIpc) is 3.31. The Kier molecular flexibility index (Phi) is 5.62. The van der Waals surface area contributed by atoms with E-state index in [9.17, 15) is 18.0 Å². The second kappa shape index (κ2) is 8.64. The molecule has 1 atom stereocenters. The van der Waals surface area contributed by atoms with Crippen molar-refractivity contribution in [2.75, 3.05) is 11.9 Å². The fraction of sp³-hybridized carbons (Fsp3) is 0.292. The molecule has 5 rings (SSSR count). The molecule has 0 saturated carbocycles. The normalized spacial score (nSPS) is 14.4. The third kappa shape index (κ3) is 3.96. The van der Waals surface area contributed by atoms with Crippen molar-refractivity contribution >= 4 is 5.82 Å². The lowest BCUT2D eigenvalue weighted by Crippen LogP contribution is -2.21. The number of anilines is 1. The first-order chi connectivity index (χ1) is 16.7. The lowest BCUT2D eigenvalue weighted by Gasteiger charge is -2.18. The van der Waals surface area contributed by atoms with Crippen LogP contribution in [0.4, 0.5) is 19.0 Å². The molecule has 0 saturated heterocycles. The number of pyridine rings is 3. The van der Waals surface area contributed by atoms with Gasteiger partial charge >= 0.3 is 0 Å². The van der Waals surface area contributed by atoms with Gasteiger partial charge in [-0.05, 0) is 37.6 Å². The Bertz CT molecular complexity index is 1540. The fourth-order valence-corrected chi connectivity index (χ4v) is 4.28. The van der Waals surface area contributed by atoms with Gasteiger partial charge in [0.15, 0.2) is 11.3 Å². The molecule has 180 valence electrons. The van der Waals surface area contributed by atoms with E-state index >= 15 is 0 Å². The third-order valence-corrected chi connectivity index (χ3v) is 6.05. The summed E-state index contributed by atoms with van der Waals surface area (Å²) in [6, 6.07) is 5.78. The molecule has 5 heterocycles. The molecule has 8 nitrogen and oxygen atoms in total. The molecule has 1 N–H and O–H groups in total. The maximum absolute atomic E-state index is 14.7. The largest absolute Gasteiger partial charge is 0.369 e. The Balaban J connectivity index is 1.74. The summed E-state index contributed by atoms with van der Waals surface area (Å²) in [5.41, 5.74) is 1.36. The summed E-state index contributed by atoms with van der Waals surface area (Å²) in [6.07, 6.45) is -0.186. The minimum Gasteiger partial charge on any atom is -0.369 e. The summed E-state index contributed by atoms with van der Waals surface area (Å²) in [5.74, 6) is 0.855. The Morgan fingerprint density at radius 3 is 2.71 bits per heavy atom. The van der Waals surface area contributed by atoms with Crippen LogP contribution in [0.15, 0.2) is 46.4 Å². The Morgan fingerprint density at radius 2 is 1.97 bits per heavy atom. The van der Waals surface area contributed by atoms with Crippen LogP contribution in [0.25, 0.3) is 22.5 Å². The van der Waals surface area contributed by atoms with Gasteiger partial charge in [0.05, 0.1) is 11.6 Å². The molecule has 0 unspecified atom stereocenters. The standard InChI is InChI=1S/C24H22F3N7O/c1-12(15-4-6-28-20(19(15)25)21(26)27)30-22-17-11-16(14-5-8-33(3)18(35)10-14)23-29-7-9-34(23)24(17)32-13(2)31-22/h4-6,8,10-12,21,29H,7,9H2,1-3H3/t12-/m1/s1. The van der Waals surface area contributed by atoms with Gasteiger partial charge < -0.3 is 14.5 Å². The van der Waals surface area contributed by atoms with Crippen molar-refractivity contribution in [2.24, 2.45) is 12.0 Å². The molecule has 0 spiro atoms. The van der Waals surface area contributed by atoms with Crippen molar-refractivity contribution in [1.82, 2.24) is 24.1 Å². The summed E-state index contributed by atoms with van der Waals surface area (Å²) in [5, 5.41) is 3.36. The molecule has 0 aliphatic carbocycles. The van der Waals surface area contributed by atoms with Crippen LogP contribution in [0.2, 0.25) is 0 Å². The molecular weight excluding hydrogens is 459 g/mol. The average molecular weight is 481 g/mol. The third-order valence-electron chi connectivity index (χ3n) is 6.05. The topological polar surface area (TPSA) is 90.0 Å². The summed E-state index contributed by atoms with van der Waals surface area (Å²) >= 11 is 0. The summed E-state index contributed by atoms with van der Waals surface area (Å²) in [6.45, 7) is 4.67. The Labute approximate surface area is 198 Å². The highest BCUT2D eigenvalue weighted by molar-refractivity contribution is 5.82. The van der Waals surface area contributed by atoms with Gasteiger partial charge in [-0.1, -0.05) is 0 Å². The highest BCUT2D eigenvalue weighted by Crippen LogP contribution is 2.35. The first-order valence-electron chi connectivity index (χ1n) is 11.0. The first-order valence-corrected chi connectivity index (χ1v) is 11.0. The SMILES string of the molecule is Cc1nc2n3c(c(-c4ccn(C)c(=O)c4)cc-2c(=N[C@H](C)c2ccnc(C(F)F)c2F)n1)NCC3. The van der Waals surface area contributed by atoms with Crippen LogP contribution >= 0.6 is 0 Å². The number of aryl methyl sites for hydroxylation is 2. The maximum Gasteiger partial charge on any atom is 0.283 e. The highest BCUT2D eigenvalue weighted by atomic mass is 19.3. The van der Waals surface area contributed by atoms with E-state index in [1.54, 1.807) is 33.2 Å². The minimum atomic E-state index is -3.03. The van der Waals surface area contributed by atoms with E-state index in [1.807, 2.05) is 16.7 Å². The zero-order chi connectivity index (χ0) is 24.9. The van der Waals surface area contributed by atoms with Crippen molar-refractivity contribution in [2.45, 2.75) is 32.9 Å². The molecule has 0 fully saturated rings. The monoisotopic (exact) mass is 481 g/mol. The zero-order valence-electron chi connectivity index (χ0n) is 19.3. The van der Waals surface area contributed by atoms with E-state index < -0.39 is 24.0 Å². The molecule has 0 amide bonds. The van der Waals surface area contributed by atoms with Gasteiger partial charge in [-0.25, -0.2) is 23.1 Å². The molecule has 0 aromatic carbocycles. The van der Waals surface area contributed by atoms with Gasteiger partial charge in [-0.15, -0.1) is 0 Å². The smallest absolute Gasteiger partial charge is 0.283 e. The molecule has 35 heavy (non-hydrogen) atoms. The maximum atomic E-state index is 14.7. The first kappa shape index (κ1) is 22.8. The number of nitrogens with zero attached hydrogens (tertiary/aromatic N) is 6. The van der Waals surface area contributed by atoms with E-state index in [0.29, 0.717) is 35.8 Å². The van der Waals surface area contributed by atoms with Crippen LogP contribution in [0.1, 0.15) is 36.5 Å². The second-order valence-corrected chi connectivity index (χ2v) is 8.39. The summed E-state index contributed by atoms with van der Waals surface area (Å²) in [4.78, 5) is 29.5. The molecule has 3 aliphatic rings. The van der Waals surface area contributed by atoms with Crippen molar-refractivity contribution in [3.8, 4) is 22.5 Å². The van der Waals surface area contributed by atoms with Crippen LogP contribution < -0.4 is 16.4 Å². The number of hydrogen-bond donors (Lipinski definition) is 1. The van der Waals surface area contributed by atoms with E-state index in [0.717, 1.165) is 23.1 Å². The Morgan fingerprint density at radius 1 is 1.17 bits per heavy atom. The van der Waals surface area contributed by atoms with Crippen LogP contribution in [-0.2, 0) is 13.6 Å². The van der Waals surface area contributed by atoms with Crippen LogP contribution in [0, 0.1) is 12.7 Å². The molecule has 11 heteroatoms. The Hall–Kier alpha value is -4.02. The zero-order valence-corrected chi connectivity index (χ0v) is 19.3. The van der Waals surface area contributed by atoms with Gasteiger partial charge in [0.25, 0.3) is 12.0 Å². The highest BCUT2D eigenvalue weighted by Gasteiger charge is 2.25. The number of fused-ring (bicyclic) bond motifs is 3. The molecular formula is C24H22F3N7O. The van der Waals surface area contributed by atoms with Crippen LogP contribution in [0.3, 0.4) is 0 Å². The number of alkyl halides is 2. The van der Waals surface area contributed by atoms with Gasteiger partial charge in [-0.3, -0.25) is 14.8 Å². The summed E-state index contributed by atoms with van der Waals surface area (Å²) < 4.78 is 44.5. The number of aromatic nitrogens is 5. The fourth-order valence-electron chi connectivity index (χ4n) is 4.28. The number of rotatable bonds is 4. The van der Waals surface area contributed by atoms with Crippen LogP contribution in [-0.4, -0.2) is 30.6 Å². The van der Waals surface area contributed by atoms with E-state index in [4.69, 9.17) is 0 Å². The van der Waals surface area contributed by atoms with Crippen molar-refractivity contribution < 1.29 is 13.2 Å². The summed E-state index contributed by atoms with van der Waals surface area (Å²) in [7, 11) is 1.68. The predicted octanol–water partition coefficient (Wildman–Crippen LogP) is 3.62. The molecule has 0 bridgehead atoms. The quantitative estimate of drug-likeness (QED) is 0.481. The molecule has 2 aromatic rings. The van der Waals surface area contributed by atoms with Gasteiger partial charge in [0, 0.05) is 49.7 Å². The lowest BCUT2D eigenvalue weighted by atomic mass is 10.0. The lowest BCUT2D eigenvalue weighted by molar-refractivity contribution is 0.140. The van der Waals surface area contributed by atoms with Crippen LogP contribution in [0.5, 0.6) is 0 Å². The number of hydrogen-bond acceptors (Lipinski definition) is 6. The van der Waals surface area contributed by atoms with E-state index in [-0.39, 0.29) is 11.1 Å². The second-order valence-electron chi connectivity index (χ2n) is 8.39. The number of halogens is 3. The van der Waals surface area contributed by atoms with Gasteiger partial charge in [0.1, 0.15) is 23.2 Å². The van der Waals surface area contributed by atoms with Crippen molar-refractivity contribution in [3.05, 3.63) is 75.4 Å². The molecule has 0 radical (unpaired) electrons. The molecule has 3 aliphatic heterocycles. The van der Waals surface area contributed by atoms with E-state index in [1.165, 1.54) is 10.6 Å². The van der Waals surface area contributed by atoms with Gasteiger partial charge in [0.2, 0.25) is 0 Å².